The SMILES string of the molecule is O=C1C(=Cc2ccc(Cc3ccccc3Br)cc2)C(=O)N(c2ccccc2)C(=S)N1c1ccccc1. The third kappa shape index (κ3) is 4.78. The average Bonchev–Trinajstić information content (AvgIpc) is 2.90. The summed E-state index contributed by atoms with van der Waals surface area (Å²) in [6, 6.07) is 34.3. The van der Waals surface area contributed by atoms with E-state index in [0.29, 0.717) is 11.4 Å². The maximum Gasteiger partial charge on any atom is 0.270 e. The van der Waals surface area contributed by atoms with Crippen LogP contribution in [0.25, 0.3) is 6.08 Å². The lowest BCUT2D eigenvalue weighted by Crippen LogP contribution is -2.56. The fourth-order valence-electron chi connectivity index (χ4n) is 4.10. The van der Waals surface area contributed by atoms with Gasteiger partial charge in [0.25, 0.3) is 11.8 Å². The summed E-state index contributed by atoms with van der Waals surface area (Å²) < 4.78 is 1.06. The van der Waals surface area contributed by atoms with Gasteiger partial charge >= 0.3 is 0 Å². The second kappa shape index (κ2) is 10.4. The van der Waals surface area contributed by atoms with Crippen LogP contribution in [0.4, 0.5) is 11.4 Å². The first-order valence-electron chi connectivity index (χ1n) is 11.4. The number of para-hydroxylation sites is 2. The molecule has 0 aliphatic carbocycles. The Morgan fingerprint density at radius 3 is 1.69 bits per heavy atom. The number of benzene rings is 4. The van der Waals surface area contributed by atoms with E-state index in [4.69, 9.17) is 12.2 Å². The Bertz CT molecular complexity index is 1400. The van der Waals surface area contributed by atoms with E-state index < -0.39 is 11.8 Å². The first kappa shape index (κ1) is 23.9. The van der Waals surface area contributed by atoms with Crippen molar-refractivity contribution >= 4 is 62.5 Å². The van der Waals surface area contributed by atoms with Gasteiger partial charge in [0.15, 0.2) is 5.11 Å². The minimum atomic E-state index is -0.444. The fourth-order valence-corrected chi connectivity index (χ4v) is 4.90. The van der Waals surface area contributed by atoms with E-state index in [2.05, 4.69) is 22.0 Å². The highest BCUT2D eigenvalue weighted by atomic mass is 79.9. The Kier molecular flexibility index (Phi) is 6.89. The molecule has 1 fully saturated rings. The van der Waals surface area contributed by atoms with Gasteiger partial charge in [-0.1, -0.05) is 94.8 Å². The monoisotopic (exact) mass is 552 g/mol. The number of amides is 2. The molecule has 0 radical (unpaired) electrons. The number of halogens is 1. The molecule has 6 heteroatoms. The molecule has 176 valence electrons. The van der Waals surface area contributed by atoms with Crippen molar-refractivity contribution in [1.82, 2.24) is 0 Å². The van der Waals surface area contributed by atoms with Gasteiger partial charge in [-0.15, -0.1) is 0 Å². The normalized spacial score (nSPS) is 13.8. The van der Waals surface area contributed by atoms with Crippen LogP contribution in [0.3, 0.4) is 0 Å². The molecule has 1 aliphatic rings. The quantitative estimate of drug-likeness (QED) is 0.155. The lowest BCUT2D eigenvalue weighted by atomic mass is 10.0. The lowest BCUT2D eigenvalue weighted by Gasteiger charge is -2.36. The third-order valence-electron chi connectivity index (χ3n) is 5.92. The fraction of sp³-hybridized carbons (Fsp3) is 0.0333. The van der Waals surface area contributed by atoms with Crippen molar-refractivity contribution in [1.29, 1.82) is 0 Å². The molecular formula is C30H21BrN2O2S. The van der Waals surface area contributed by atoms with E-state index in [1.165, 1.54) is 15.4 Å². The van der Waals surface area contributed by atoms with Crippen LogP contribution in [0.15, 0.2) is 119 Å². The Hall–Kier alpha value is -3.87. The molecule has 0 bridgehead atoms. The number of anilines is 2. The smallest absolute Gasteiger partial charge is 0.268 e. The van der Waals surface area contributed by atoms with E-state index in [1.807, 2.05) is 78.9 Å². The molecule has 4 aromatic rings. The van der Waals surface area contributed by atoms with Gasteiger partial charge in [-0.3, -0.25) is 19.4 Å². The van der Waals surface area contributed by atoms with Crippen LogP contribution < -0.4 is 9.80 Å². The Labute approximate surface area is 223 Å². The van der Waals surface area contributed by atoms with Gasteiger partial charge < -0.3 is 0 Å². The molecular weight excluding hydrogens is 532 g/mol. The van der Waals surface area contributed by atoms with Crippen molar-refractivity contribution in [2.45, 2.75) is 6.42 Å². The number of rotatable bonds is 5. The second-order valence-electron chi connectivity index (χ2n) is 8.30. The predicted molar refractivity (Wildman–Crippen MR) is 152 cm³/mol. The van der Waals surface area contributed by atoms with Crippen LogP contribution in [-0.4, -0.2) is 16.9 Å². The number of nitrogens with zero attached hydrogens (tertiary/aromatic N) is 2. The topological polar surface area (TPSA) is 40.6 Å². The summed E-state index contributed by atoms with van der Waals surface area (Å²) in [5, 5.41) is 0.128. The highest BCUT2D eigenvalue weighted by Gasteiger charge is 2.41. The minimum Gasteiger partial charge on any atom is -0.268 e. The van der Waals surface area contributed by atoms with Crippen molar-refractivity contribution in [2.24, 2.45) is 0 Å². The van der Waals surface area contributed by atoms with Crippen LogP contribution >= 0.6 is 28.1 Å². The van der Waals surface area contributed by atoms with Gasteiger partial charge in [-0.05, 0) is 71.7 Å². The molecule has 4 aromatic carbocycles. The van der Waals surface area contributed by atoms with Crippen LogP contribution in [0.1, 0.15) is 16.7 Å². The number of carbonyl (C=O) groups excluding carboxylic acids is 2. The summed E-state index contributed by atoms with van der Waals surface area (Å²) in [6.45, 7) is 0. The van der Waals surface area contributed by atoms with Crippen molar-refractivity contribution in [3.8, 4) is 0 Å². The molecule has 0 unspecified atom stereocenters. The summed E-state index contributed by atoms with van der Waals surface area (Å²) in [5.41, 5.74) is 4.34. The zero-order valence-electron chi connectivity index (χ0n) is 19.2. The first-order valence-corrected chi connectivity index (χ1v) is 12.6. The highest BCUT2D eigenvalue weighted by Crippen LogP contribution is 2.30. The number of hydrogen-bond acceptors (Lipinski definition) is 3. The minimum absolute atomic E-state index is 0.0508. The second-order valence-corrected chi connectivity index (χ2v) is 9.52. The molecule has 1 aliphatic heterocycles. The van der Waals surface area contributed by atoms with Crippen LogP contribution in [-0.2, 0) is 16.0 Å². The van der Waals surface area contributed by atoms with Crippen LogP contribution in [0.5, 0.6) is 0 Å². The van der Waals surface area contributed by atoms with Gasteiger partial charge in [-0.2, -0.15) is 0 Å². The lowest BCUT2D eigenvalue weighted by molar-refractivity contribution is -0.120. The van der Waals surface area contributed by atoms with Gasteiger partial charge in [0.2, 0.25) is 0 Å². The number of hydrogen-bond donors (Lipinski definition) is 0. The zero-order chi connectivity index (χ0) is 25.1. The third-order valence-corrected chi connectivity index (χ3v) is 7.06. The Morgan fingerprint density at radius 2 is 1.17 bits per heavy atom. The molecule has 4 nitrogen and oxygen atoms in total. The number of thiocarbonyl (C=S) groups is 1. The molecule has 0 atom stereocenters. The average molecular weight is 553 g/mol. The molecule has 0 saturated carbocycles. The molecule has 0 spiro atoms. The molecule has 2 amide bonds. The molecule has 0 N–H and O–H groups in total. The molecule has 1 heterocycles. The van der Waals surface area contributed by atoms with Crippen molar-refractivity contribution in [2.75, 3.05) is 9.80 Å². The Balaban J connectivity index is 1.51. The maximum absolute atomic E-state index is 13.6. The summed E-state index contributed by atoms with van der Waals surface area (Å²) in [7, 11) is 0. The maximum atomic E-state index is 13.6. The van der Waals surface area contributed by atoms with Crippen molar-refractivity contribution in [3.05, 3.63) is 136 Å². The van der Waals surface area contributed by atoms with Gasteiger partial charge in [0.05, 0.1) is 11.4 Å². The van der Waals surface area contributed by atoms with Crippen molar-refractivity contribution < 1.29 is 9.59 Å². The van der Waals surface area contributed by atoms with Crippen LogP contribution in [0, 0.1) is 0 Å². The molecule has 0 aromatic heterocycles. The van der Waals surface area contributed by atoms with E-state index in [9.17, 15) is 9.59 Å². The van der Waals surface area contributed by atoms with E-state index >= 15 is 0 Å². The Morgan fingerprint density at radius 1 is 0.667 bits per heavy atom. The molecule has 36 heavy (non-hydrogen) atoms. The van der Waals surface area contributed by atoms with Crippen molar-refractivity contribution in [3.63, 3.8) is 0 Å². The van der Waals surface area contributed by atoms with E-state index in [1.54, 1.807) is 30.3 Å². The predicted octanol–water partition coefficient (Wildman–Crippen LogP) is 6.79. The number of carbonyl (C=O) groups is 2. The summed E-state index contributed by atoms with van der Waals surface area (Å²) in [6.07, 6.45) is 2.41. The summed E-state index contributed by atoms with van der Waals surface area (Å²) in [5.74, 6) is -0.888. The first-order chi connectivity index (χ1) is 17.5. The summed E-state index contributed by atoms with van der Waals surface area (Å²) >= 11 is 9.25. The van der Waals surface area contributed by atoms with Gasteiger partial charge in [0, 0.05) is 4.47 Å². The van der Waals surface area contributed by atoms with E-state index in [-0.39, 0.29) is 10.7 Å². The molecule has 1 saturated heterocycles. The van der Waals surface area contributed by atoms with Crippen LogP contribution in [0.2, 0.25) is 0 Å². The zero-order valence-corrected chi connectivity index (χ0v) is 21.6. The highest BCUT2D eigenvalue weighted by molar-refractivity contribution is 9.10. The molecule has 5 rings (SSSR count). The van der Waals surface area contributed by atoms with E-state index in [0.717, 1.165) is 22.0 Å². The largest absolute Gasteiger partial charge is 0.270 e. The van der Waals surface area contributed by atoms with Gasteiger partial charge in [0.1, 0.15) is 5.57 Å². The summed E-state index contributed by atoms with van der Waals surface area (Å²) in [4.78, 5) is 30.0. The van der Waals surface area contributed by atoms with Gasteiger partial charge in [-0.25, -0.2) is 0 Å². The standard InChI is InChI=1S/C30H21BrN2O2S/c31-27-14-8-7-9-23(27)19-21-15-17-22(18-16-21)20-26-28(34)32(24-10-3-1-4-11-24)30(36)33(29(26)35)25-12-5-2-6-13-25/h1-18,20H,19H2.